The second kappa shape index (κ2) is 11.4. The molecule has 7 nitrogen and oxygen atoms in total. The van der Waals surface area contributed by atoms with Gasteiger partial charge in [-0.05, 0) is 54.8 Å². The highest BCUT2D eigenvalue weighted by Crippen LogP contribution is 2.26. The maximum Gasteiger partial charge on any atom is 0.240 e. The van der Waals surface area contributed by atoms with Gasteiger partial charge in [-0.3, -0.25) is 9.59 Å². The van der Waals surface area contributed by atoms with E-state index in [-0.39, 0.29) is 23.1 Å². The number of carbonyl (C=O) groups excluding carboxylic acids is 2. The Morgan fingerprint density at radius 3 is 2.33 bits per heavy atom. The zero-order chi connectivity index (χ0) is 23.8. The van der Waals surface area contributed by atoms with Crippen LogP contribution in [0.3, 0.4) is 0 Å². The Bertz CT molecular complexity index is 1050. The monoisotopic (exact) mass is 471 g/mol. The second-order valence-electron chi connectivity index (χ2n) is 8.40. The molecule has 1 fully saturated rings. The van der Waals surface area contributed by atoms with Gasteiger partial charge in [-0.15, -0.1) is 0 Å². The molecule has 0 radical (unpaired) electrons. The van der Waals surface area contributed by atoms with Gasteiger partial charge in [0.1, 0.15) is 0 Å². The predicted octanol–water partition coefficient (Wildman–Crippen LogP) is 4.10. The van der Waals surface area contributed by atoms with E-state index >= 15 is 0 Å². The molecule has 1 heterocycles. The number of sulfonamides is 1. The summed E-state index contributed by atoms with van der Waals surface area (Å²) in [4.78, 5) is 27.0. The first-order valence-electron chi connectivity index (χ1n) is 11.6. The second-order valence-corrected chi connectivity index (χ2v) is 10.2. The van der Waals surface area contributed by atoms with Gasteiger partial charge in [0, 0.05) is 30.9 Å². The summed E-state index contributed by atoms with van der Waals surface area (Å²) in [6, 6.07) is 13.9. The molecule has 33 heavy (non-hydrogen) atoms. The molecular weight excluding hydrogens is 438 g/mol. The lowest BCUT2D eigenvalue weighted by molar-refractivity contribution is -0.122. The van der Waals surface area contributed by atoms with E-state index in [1.54, 1.807) is 17.0 Å². The van der Waals surface area contributed by atoms with Crippen LogP contribution in [0.5, 0.6) is 0 Å². The first kappa shape index (κ1) is 24.9. The van der Waals surface area contributed by atoms with Gasteiger partial charge in [-0.2, -0.15) is 0 Å². The van der Waals surface area contributed by atoms with E-state index in [4.69, 9.17) is 0 Å². The summed E-state index contributed by atoms with van der Waals surface area (Å²) in [6.07, 6.45) is 5.06. The third-order valence-corrected chi connectivity index (χ3v) is 7.38. The van der Waals surface area contributed by atoms with Crippen molar-refractivity contribution in [2.75, 3.05) is 23.3 Å². The van der Waals surface area contributed by atoms with Crippen molar-refractivity contribution in [3.8, 4) is 0 Å². The number of rotatable bonds is 11. The van der Waals surface area contributed by atoms with E-state index in [0.29, 0.717) is 18.8 Å². The number of aryl methyl sites for hydroxylation is 1. The van der Waals surface area contributed by atoms with Crippen LogP contribution in [0.25, 0.3) is 0 Å². The molecule has 0 aliphatic carbocycles. The molecule has 0 spiro atoms. The Morgan fingerprint density at radius 1 is 1.00 bits per heavy atom. The standard InChI is InChI=1S/C25H33N3O4S/c1-3-5-6-7-16-26-33(31,32)23-14-10-21(11-15-23)27-25(30)20-17-24(29)28(18-20)22-12-8-19(4-2)9-13-22/h8-15,20,26H,3-7,16-18H2,1-2H3,(H,27,30). The van der Waals surface area contributed by atoms with E-state index in [1.807, 2.05) is 24.3 Å². The molecule has 8 heteroatoms. The van der Waals surface area contributed by atoms with Gasteiger partial charge in [0.05, 0.1) is 10.8 Å². The van der Waals surface area contributed by atoms with E-state index in [9.17, 15) is 18.0 Å². The predicted molar refractivity (Wildman–Crippen MR) is 131 cm³/mol. The van der Waals surface area contributed by atoms with Crippen molar-refractivity contribution in [1.82, 2.24) is 4.72 Å². The number of nitrogens with zero attached hydrogens (tertiary/aromatic N) is 1. The molecule has 1 unspecified atom stereocenters. The lowest BCUT2D eigenvalue weighted by atomic mass is 10.1. The van der Waals surface area contributed by atoms with Crippen LogP contribution < -0.4 is 14.9 Å². The van der Waals surface area contributed by atoms with Crippen molar-refractivity contribution in [3.05, 3.63) is 54.1 Å². The Hall–Kier alpha value is -2.71. The van der Waals surface area contributed by atoms with Crippen LogP contribution in [0.4, 0.5) is 11.4 Å². The zero-order valence-electron chi connectivity index (χ0n) is 19.3. The molecule has 0 bridgehead atoms. The number of unbranched alkanes of at least 4 members (excludes halogenated alkanes) is 3. The lowest BCUT2D eigenvalue weighted by Crippen LogP contribution is -2.28. The van der Waals surface area contributed by atoms with Gasteiger partial charge in [-0.1, -0.05) is 45.2 Å². The minimum absolute atomic E-state index is 0.0779. The third kappa shape index (κ3) is 6.65. The third-order valence-electron chi connectivity index (χ3n) is 5.91. The number of nitrogens with one attached hydrogen (secondary N) is 2. The van der Waals surface area contributed by atoms with Crippen LogP contribution in [0.2, 0.25) is 0 Å². The largest absolute Gasteiger partial charge is 0.326 e. The fourth-order valence-electron chi connectivity index (χ4n) is 3.85. The van der Waals surface area contributed by atoms with E-state index in [1.165, 1.54) is 17.7 Å². The number of hydrogen-bond acceptors (Lipinski definition) is 4. The molecule has 1 atom stereocenters. The molecule has 1 saturated heterocycles. The average molecular weight is 472 g/mol. The van der Waals surface area contributed by atoms with Crippen LogP contribution >= 0.6 is 0 Å². The van der Waals surface area contributed by atoms with Gasteiger partial charge < -0.3 is 10.2 Å². The fourth-order valence-corrected chi connectivity index (χ4v) is 4.92. The summed E-state index contributed by atoms with van der Waals surface area (Å²) in [6.45, 7) is 4.92. The van der Waals surface area contributed by atoms with Crippen molar-refractivity contribution < 1.29 is 18.0 Å². The molecule has 1 aliphatic heterocycles. The van der Waals surface area contributed by atoms with Crippen LogP contribution in [0, 0.1) is 5.92 Å². The summed E-state index contributed by atoms with van der Waals surface area (Å²) >= 11 is 0. The number of hydrogen-bond donors (Lipinski definition) is 2. The smallest absolute Gasteiger partial charge is 0.240 e. The first-order valence-corrected chi connectivity index (χ1v) is 13.1. The highest BCUT2D eigenvalue weighted by Gasteiger charge is 2.35. The Morgan fingerprint density at radius 2 is 1.70 bits per heavy atom. The molecule has 2 N–H and O–H groups in total. The van der Waals surface area contributed by atoms with Crippen LogP contribution in [0.1, 0.15) is 51.5 Å². The number of anilines is 2. The van der Waals surface area contributed by atoms with Crippen molar-refractivity contribution in [3.63, 3.8) is 0 Å². The summed E-state index contributed by atoms with van der Waals surface area (Å²) < 4.78 is 27.4. The van der Waals surface area contributed by atoms with E-state index < -0.39 is 15.9 Å². The van der Waals surface area contributed by atoms with Gasteiger partial charge in [0.15, 0.2) is 0 Å². The molecule has 2 aromatic carbocycles. The Labute approximate surface area is 196 Å². The summed E-state index contributed by atoms with van der Waals surface area (Å²) in [5.74, 6) is -0.789. The quantitative estimate of drug-likeness (QED) is 0.482. The fraction of sp³-hybridized carbons (Fsp3) is 0.440. The van der Waals surface area contributed by atoms with E-state index in [0.717, 1.165) is 37.8 Å². The van der Waals surface area contributed by atoms with Crippen LogP contribution in [0.15, 0.2) is 53.4 Å². The highest BCUT2D eigenvalue weighted by atomic mass is 32.2. The topological polar surface area (TPSA) is 95.6 Å². The molecule has 0 saturated carbocycles. The SMILES string of the molecule is CCCCCCNS(=O)(=O)c1ccc(NC(=O)C2CC(=O)N(c3ccc(CC)cc3)C2)cc1. The maximum absolute atomic E-state index is 12.7. The molecule has 1 aliphatic rings. The van der Waals surface area contributed by atoms with Crippen LogP contribution in [-0.2, 0) is 26.0 Å². The van der Waals surface area contributed by atoms with Gasteiger partial charge in [-0.25, -0.2) is 13.1 Å². The number of benzene rings is 2. The lowest BCUT2D eigenvalue weighted by Gasteiger charge is -2.17. The van der Waals surface area contributed by atoms with Gasteiger partial charge >= 0.3 is 0 Å². The van der Waals surface area contributed by atoms with E-state index in [2.05, 4.69) is 23.9 Å². The van der Waals surface area contributed by atoms with Crippen molar-refractivity contribution in [2.45, 2.75) is 57.3 Å². The minimum atomic E-state index is -3.57. The summed E-state index contributed by atoms with van der Waals surface area (Å²) in [5.41, 5.74) is 2.49. The summed E-state index contributed by atoms with van der Waals surface area (Å²) in [7, 11) is -3.57. The molecule has 2 amide bonds. The minimum Gasteiger partial charge on any atom is -0.326 e. The molecule has 0 aromatic heterocycles. The van der Waals surface area contributed by atoms with Crippen molar-refractivity contribution >= 4 is 33.2 Å². The number of amides is 2. The van der Waals surface area contributed by atoms with Gasteiger partial charge in [0.25, 0.3) is 0 Å². The highest BCUT2D eigenvalue weighted by molar-refractivity contribution is 7.89. The van der Waals surface area contributed by atoms with Crippen molar-refractivity contribution in [2.24, 2.45) is 5.92 Å². The Kier molecular flexibility index (Phi) is 8.63. The average Bonchev–Trinajstić information content (AvgIpc) is 3.21. The maximum atomic E-state index is 12.7. The van der Waals surface area contributed by atoms with Crippen LogP contribution in [-0.4, -0.2) is 33.3 Å². The Balaban J connectivity index is 1.55. The summed E-state index contributed by atoms with van der Waals surface area (Å²) in [5, 5.41) is 2.81. The molecular formula is C25H33N3O4S. The molecule has 178 valence electrons. The number of carbonyl (C=O) groups is 2. The first-order chi connectivity index (χ1) is 15.8. The normalized spacial score (nSPS) is 16.2. The molecule has 3 rings (SSSR count). The molecule has 2 aromatic rings. The van der Waals surface area contributed by atoms with Gasteiger partial charge in [0.2, 0.25) is 21.8 Å². The zero-order valence-corrected chi connectivity index (χ0v) is 20.2. The van der Waals surface area contributed by atoms with Crippen molar-refractivity contribution in [1.29, 1.82) is 0 Å².